The van der Waals surface area contributed by atoms with Crippen molar-refractivity contribution in [2.45, 2.75) is 19.8 Å². The van der Waals surface area contributed by atoms with Gasteiger partial charge in [0.1, 0.15) is 0 Å². The molecule has 1 aromatic heterocycles. The molecule has 0 saturated carbocycles. The summed E-state index contributed by atoms with van der Waals surface area (Å²) in [5.41, 5.74) is 4.01. The lowest BCUT2D eigenvalue weighted by Gasteiger charge is -2.29. The molecule has 0 saturated heterocycles. The quantitative estimate of drug-likeness (QED) is 0.700. The zero-order chi connectivity index (χ0) is 19.5. The van der Waals surface area contributed by atoms with Gasteiger partial charge in [0.15, 0.2) is 5.78 Å². The van der Waals surface area contributed by atoms with Crippen LogP contribution in [-0.2, 0) is 6.42 Å². The average molecular weight is 372 g/mol. The molecule has 2 heterocycles. The zero-order valence-electron chi connectivity index (χ0n) is 15.6. The molecule has 3 aromatic rings. The van der Waals surface area contributed by atoms with E-state index in [0.29, 0.717) is 22.8 Å². The number of anilines is 3. The van der Waals surface area contributed by atoms with E-state index >= 15 is 0 Å². The average Bonchev–Trinajstić information content (AvgIpc) is 2.74. The minimum absolute atomic E-state index is 0.0128. The third kappa shape index (κ3) is 3.62. The van der Waals surface area contributed by atoms with Crippen molar-refractivity contribution in [3.8, 4) is 0 Å². The van der Waals surface area contributed by atoms with Crippen LogP contribution < -0.4 is 10.2 Å². The fourth-order valence-corrected chi connectivity index (χ4v) is 3.31. The van der Waals surface area contributed by atoms with Gasteiger partial charge in [-0.05, 0) is 55.7 Å². The summed E-state index contributed by atoms with van der Waals surface area (Å²) in [4.78, 5) is 34.7. The Hall–Kier alpha value is -3.54. The van der Waals surface area contributed by atoms with Gasteiger partial charge in [-0.15, -0.1) is 0 Å². The molecule has 1 aliphatic heterocycles. The van der Waals surface area contributed by atoms with Gasteiger partial charge in [-0.1, -0.05) is 18.2 Å². The number of hydrogen-bond donors (Lipinski definition) is 1. The minimum atomic E-state index is -0.291. The maximum atomic E-state index is 12.4. The van der Waals surface area contributed by atoms with Crippen molar-refractivity contribution in [2.75, 3.05) is 16.8 Å². The maximum absolute atomic E-state index is 12.4. The lowest BCUT2D eigenvalue weighted by Crippen LogP contribution is -2.26. The van der Waals surface area contributed by atoms with Crippen molar-refractivity contribution in [2.24, 2.45) is 0 Å². The monoisotopic (exact) mass is 372 g/mol. The fraction of sp³-hybridized carbons (Fsp3) is 0.182. The molecular weight excluding hydrogens is 352 g/mol. The Morgan fingerprint density at radius 1 is 0.964 bits per heavy atom. The van der Waals surface area contributed by atoms with Crippen molar-refractivity contribution in [3.63, 3.8) is 0 Å². The SMILES string of the molecule is CC(=O)c1ccc(NC(=O)c2cnc(N3CCCc4ccccc43)nc2)cc1. The van der Waals surface area contributed by atoms with Gasteiger partial charge in [0.05, 0.1) is 5.56 Å². The van der Waals surface area contributed by atoms with Crippen LogP contribution >= 0.6 is 0 Å². The molecule has 2 aromatic carbocycles. The molecule has 28 heavy (non-hydrogen) atoms. The summed E-state index contributed by atoms with van der Waals surface area (Å²) < 4.78 is 0. The van der Waals surface area contributed by atoms with E-state index in [1.807, 2.05) is 12.1 Å². The third-order valence-corrected chi connectivity index (χ3v) is 4.80. The Labute approximate surface area is 163 Å². The van der Waals surface area contributed by atoms with Crippen molar-refractivity contribution < 1.29 is 9.59 Å². The molecule has 1 aliphatic rings. The van der Waals surface area contributed by atoms with Crippen LogP contribution in [-0.4, -0.2) is 28.2 Å². The summed E-state index contributed by atoms with van der Waals surface area (Å²) in [6.45, 7) is 2.36. The van der Waals surface area contributed by atoms with E-state index in [4.69, 9.17) is 0 Å². The molecular formula is C22H20N4O2. The van der Waals surface area contributed by atoms with Gasteiger partial charge in [-0.2, -0.15) is 0 Å². The zero-order valence-corrected chi connectivity index (χ0v) is 15.6. The molecule has 0 spiro atoms. The lowest BCUT2D eigenvalue weighted by molar-refractivity contribution is 0.101. The molecule has 0 aliphatic carbocycles. The van der Waals surface area contributed by atoms with E-state index in [1.54, 1.807) is 36.7 Å². The van der Waals surface area contributed by atoms with Crippen LogP contribution in [0.1, 0.15) is 39.6 Å². The largest absolute Gasteiger partial charge is 0.322 e. The van der Waals surface area contributed by atoms with E-state index in [2.05, 4.69) is 32.3 Å². The number of benzene rings is 2. The van der Waals surface area contributed by atoms with Gasteiger partial charge in [-0.3, -0.25) is 9.59 Å². The molecule has 0 radical (unpaired) electrons. The van der Waals surface area contributed by atoms with Crippen molar-refractivity contribution >= 4 is 29.0 Å². The van der Waals surface area contributed by atoms with Crippen LogP contribution in [0, 0.1) is 0 Å². The number of carbonyl (C=O) groups is 2. The summed E-state index contributed by atoms with van der Waals surface area (Å²) >= 11 is 0. The molecule has 0 atom stereocenters. The molecule has 6 heteroatoms. The number of amides is 1. The topological polar surface area (TPSA) is 75.2 Å². The Balaban J connectivity index is 1.49. The first-order chi connectivity index (χ1) is 13.6. The van der Waals surface area contributed by atoms with Crippen LogP contribution in [0.25, 0.3) is 0 Å². The molecule has 6 nitrogen and oxygen atoms in total. The second kappa shape index (κ2) is 7.60. The Kier molecular flexibility index (Phi) is 4.85. The highest BCUT2D eigenvalue weighted by Gasteiger charge is 2.20. The molecule has 0 fully saturated rings. The second-order valence-corrected chi connectivity index (χ2v) is 6.74. The van der Waals surface area contributed by atoms with E-state index in [-0.39, 0.29) is 11.7 Å². The molecule has 0 unspecified atom stereocenters. The number of ketones is 1. The molecule has 140 valence electrons. The third-order valence-electron chi connectivity index (χ3n) is 4.80. The maximum Gasteiger partial charge on any atom is 0.258 e. The van der Waals surface area contributed by atoms with E-state index in [0.717, 1.165) is 25.1 Å². The van der Waals surface area contributed by atoms with Gasteiger partial charge >= 0.3 is 0 Å². The van der Waals surface area contributed by atoms with Crippen LogP contribution in [0.3, 0.4) is 0 Å². The first kappa shape index (κ1) is 17.9. The number of para-hydroxylation sites is 1. The van der Waals surface area contributed by atoms with Gasteiger partial charge in [-0.25, -0.2) is 9.97 Å². The summed E-state index contributed by atoms with van der Waals surface area (Å²) in [5, 5.41) is 2.80. The first-order valence-corrected chi connectivity index (χ1v) is 9.21. The number of Topliss-reactive ketones (excluding diaryl/α,β-unsaturated/α-hetero) is 1. The van der Waals surface area contributed by atoms with Crippen LogP contribution in [0.5, 0.6) is 0 Å². The number of fused-ring (bicyclic) bond motifs is 1. The fourth-order valence-electron chi connectivity index (χ4n) is 3.31. The smallest absolute Gasteiger partial charge is 0.258 e. The number of aryl methyl sites for hydroxylation is 1. The van der Waals surface area contributed by atoms with Crippen molar-refractivity contribution in [3.05, 3.63) is 77.6 Å². The summed E-state index contributed by atoms with van der Waals surface area (Å²) in [6, 6.07) is 15.0. The van der Waals surface area contributed by atoms with Gasteiger partial charge in [0.25, 0.3) is 5.91 Å². The van der Waals surface area contributed by atoms with E-state index < -0.39 is 0 Å². The Morgan fingerprint density at radius 3 is 2.39 bits per heavy atom. The Morgan fingerprint density at radius 2 is 1.68 bits per heavy atom. The van der Waals surface area contributed by atoms with Crippen molar-refractivity contribution in [1.82, 2.24) is 9.97 Å². The number of rotatable bonds is 4. The minimum Gasteiger partial charge on any atom is -0.322 e. The van der Waals surface area contributed by atoms with Crippen LogP contribution in [0.2, 0.25) is 0 Å². The number of nitrogens with one attached hydrogen (secondary N) is 1. The van der Waals surface area contributed by atoms with Gasteiger partial charge < -0.3 is 10.2 Å². The second-order valence-electron chi connectivity index (χ2n) is 6.74. The molecule has 4 rings (SSSR count). The molecule has 1 amide bonds. The summed E-state index contributed by atoms with van der Waals surface area (Å²) in [5.74, 6) is 0.289. The van der Waals surface area contributed by atoms with Crippen LogP contribution in [0.15, 0.2) is 60.9 Å². The summed E-state index contributed by atoms with van der Waals surface area (Å²) in [6.07, 6.45) is 5.17. The summed E-state index contributed by atoms with van der Waals surface area (Å²) in [7, 11) is 0. The molecule has 0 bridgehead atoms. The number of hydrogen-bond acceptors (Lipinski definition) is 5. The predicted molar refractivity (Wildman–Crippen MR) is 108 cm³/mol. The highest BCUT2D eigenvalue weighted by Crippen LogP contribution is 2.31. The highest BCUT2D eigenvalue weighted by molar-refractivity contribution is 6.04. The predicted octanol–water partition coefficient (Wildman–Crippen LogP) is 4.02. The Bertz CT molecular complexity index is 1010. The molecule has 1 N–H and O–H groups in total. The number of nitrogens with zero attached hydrogens (tertiary/aromatic N) is 3. The highest BCUT2D eigenvalue weighted by atomic mass is 16.1. The lowest BCUT2D eigenvalue weighted by atomic mass is 10.0. The van der Waals surface area contributed by atoms with Gasteiger partial charge in [0, 0.05) is 35.9 Å². The number of aromatic nitrogens is 2. The van der Waals surface area contributed by atoms with E-state index in [1.165, 1.54) is 12.5 Å². The van der Waals surface area contributed by atoms with Crippen LogP contribution in [0.4, 0.5) is 17.3 Å². The standard InChI is InChI=1S/C22H20N4O2/c1-15(27)16-8-10-19(11-9-16)25-21(28)18-13-23-22(24-14-18)26-12-4-6-17-5-2-3-7-20(17)26/h2-3,5,7-11,13-14H,4,6,12H2,1H3,(H,25,28). The van der Waals surface area contributed by atoms with E-state index in [9.17, 15) is 9.59 Å². The van der Waals surface area contributed by atoms with Gasteiger partial charge in [0.2, 0.25) is 5.95 Å². The number of carbonyl (C=O) groups excluding carboxylic acids is 2. The first-order valence-electron chi connectivity index (χ1n) is 9.21. The van der Waals surface area contributed by atoms with Crippen molar-refractivity contribution in [1.29, 1.82) is 0 Å². The normalized spacial score (nSPS) is 13.0.